The normalized spacial score (nSPS) is 29.8. The molecule has 3 heteroatoms. The SMILES string of the molecule is O=C1O[C@@H]2CCCC[C@@H]2C2(CCCCC2)[C@H]1CCCCNc1ccccc1. The number of hydrogen-bond donors (Lipinski definition) is 1. The van der Waals surface area contributed by atoms with Crippen LogP contribution in [0.15, 0.2) is 30.3 Å². The molecule has 0 unspecified atom stereocenters. The molecule has 1 spiro atoms. The number of carbonyl (C=O) groups excluding carboxylic acids is 1. The molecule has 1 heterocycles. The molecule has 0 radical (unpaired) electrons. The number of esters is 1. The standard InChI is InChI=1S/C24H35NO2/c26-23-21(14-7-10-18-25-19-11-3-1-4-12-19)24(16-8-2-9-17-24)20-13-5-6-15-22(20)27-23/h1,3-4,11-12,20-22,25H,2,5-10,13-18H2/t20-,21-,22+/m0/s1. The molecule has 2 aliphatic carbocycles. The van der Waals surface area contributed by atoms with Crippen LogP contribution in [0.2, 0.25) is 0 Å². The Labute approximate surface area is 164 Å². The monoisotopic (exact) mass is 369 g/mol. The van der Waals surface area contributed by atoms with Crippen molar-refractivity contribution in [2.45, 2.75) is 83.2 Å². The van der Waals surface area contributed by atoms with Gasteiger partial charge in [-0.15, -0.1) is 0 Å². The van der Waals surface area contributed by atoms with E-state index in [4.69, 9.17) is 4.74 Å². The number of benzene rings is 1. The summed E-state index contributed by atoms with van der Waals surface area (Å²) in [7, 11) is 0. The summed E-state index contributed by atoms with van der Waals surface area (Å²) < 4.78 is 6.00. The fraction of sp³-hybridized carbons (Fsp3) is 0.708. The molecule has 0 bridgehead atoms. The van der Waals surface area contributed by atoms with Crippen LogP contribution in [0.1, 0.15) is 77.0 Å². The Kier molecular flexibility index (Phi) is 6.04. The first kappa shape index (κ1) is 18.8. The third-order valence-electron chi connectivity index (χ3n) is 7.49. The summed E-state index contributed by atoms with van der Waals surface area (Å²) in [5.74, 6) is 0.918. The highest BCUT2D eigenvalue weighted by Gasteiger charge is 2.56. The van der Waals surface area contributed by atoms with Gasteiger partial charge in [-0.25, -0.2) is 0 Å². The molecule has 3 fully saturated rings. The Morgan fingerprint density at radius 1 is 0.963 bits per heavy atom. The topological polar surface area (TPSA) is 38.3 Å². The predicted molar refractivity (Wildman–Crippen MR) is 110 cm³/mol. The second-order valence-electron chi connectivity index (χ2n) is 9.00. The largest absolute Gasteiger partial charge is 0.462 e. The summed E-state index contributed by atoms with van der Waals surface area (Å²) >= 11 is 0. The van der Waals surface area contributed by atoms with E-state index in [9.17, 15) is 4.79 Å². The van der Waals surface area contributed by atoms with E-state index in [1.54, 1.807) is 0 Å². The first-order valence-electron chi connectivity index (χ1n) is 11.3. The number of fused-ring (bicyclic) bond motifs is 2. The highest BCUT2D eigenvalue weighted by atomic mass is 16.5. The van der Waals surface area contributed by atoms with Gasteiger partial charge in [-0.05, 0) is 62.5 Å². The zero-order chi connectivity index (χ0) is 18.5. The van der Waals surface area contributed by atoms with E-state index in [1.165, 1.54) is 57.1 Å². The zero-order valence-corrected chi connectivity index (χ0v) is 16.6. The van der Waals surface area contributed by atoms with Crippen molar-refractivity contribution in [1.29, 1.82) is 0 Å². The number of unbranched alkanes of at least 4 members (excludes halogenated alkanes) is 1. The fourth-order valence-electron chi connectivity index (χ4n) is 6.22. The molecule has 1 N–H and O–H groups in total. The van der Waals surface area contributed by atoms with Crippen LogP contribution in [-0.2, 0) is 9.53 Å². The molecule has 2 saturated carbocycles. The van der Waals surface area contributed by atoms with Crippen molar-refractivity contribution in [3.05, 3.63) is 30.3 Å². The van der Waals surface area contributed by atoms with Crippen molar-refractivity contribution in [2.75, 3.05) is 11.9 Å². The Morgan fingerprint density at radius 2 is 1.74 bits per heavy atom. The molecule has 1 saturated heterocycles. The molecule has 1 aromatic carbocycles. The van der Waals surface area contributed by atoms with Crippen molar-refractivity contribution in [3.8, 4) is 0 Å². The molecule has 0 aromatic heterocycles. The van der Waals surface area contributed by atoms with E-state index in [1.807, 2.05) is 6.07 Å². The van der Waals surface area contributed by atoms with Crippen molar-refractivity contribution in [3.63, 3.8) is 0 Å². The van der Waals surface area contributed by atoms with E-state index in [-0.39, 0.29) is 23.4 Å². The summed E-state index contributed by atoms with van der Waals surface area (Å²) in [4.78, 5) is 13.0. The minimum atomic E-state index is 0.135. The number of carbonyl (C=O) groups is 1. The molecule has 3 aliphatic rings. The van der Waals surface area contributed by atoms with Crippen molar-refractivity contribution >= 4 is 11.7 Å². The minimum Gasteiger partial charge on any atom is -0.462 e. The lowest BCUT2D eigenvalue weighted by atomic mass is 9.53. The lowest BCUT2D eigenvalue weighted by Gasteiger charge is -2.55. The van der Waals surface area contributed by atoms with Gasteiger partial charge in [0.15, 0.2) is 0 Å². The van der Waals surface area contributed by atoms with Crippen LogP contribution in [0, 0.1) is 17.3 Å². The van der Waals surface area contributed by atoms with E-state index in [0.29, 0.717) is 5.92 Å². The van der Waals surface area contributed by atoms with E-state index in [0.717, 1.165) is 32.2 Å². The van der Waals surface area contributed by atoms with Gasteiger partial charge in [-0.1, -0.05) is 50.3 Å². The molecule has 1 aliphatic heterocycles. The quantitative estimate of drug-likeness (QED) is 0.497. The van der Waals surface area contributed by atoms with Gasteiger partial charge in [0.1, 0.15) is 6.10 Å². The Balaban J connectivity index is 1.36. The first-order chi connectivity index (χ1) is 13.3. The van der Waals surface area contributed by atoms with Gasteiger partial charge >= 0.3 is 5.97 Å². The van der Waals surface area contributed by atoms with Gasteiger partial charge in [-0.3, -0.25) is 4.79 Å². The fourth-order valence-corrected chi connectivity index (χ4v) is 6.22. The van der Waals surface area contributed by atoms with Gasteiger partial charge in [0, 0.05) is 18.2 Å². The van der Waals surface area contributed by atoms with Crippen LogP contribution < -0.4 is 5.32 Å². The van der Waals surface area contributed by atoms with Crippen LogP contribution in [-0.4, -0.2) is 18.6 Å². The van der Waals surface area contributed by atoms with Gasteiger partial charge < -0.3 is 10.1 Å². The second kappa shape index (κ2) is 8.67. The summed E-state index contributed by atoms with van der Waals surface area (Å²) in [5, 5.41) is 3.49. The number of hydrogen-bond acceptors (Lipinski definition) is 3. The number of rotatable bonds is 6. The first-order valence-corrected chi connectivity index (χ1v) is 11.3. The van der Waals surface area contributed by atoms with Gasteiger partial charge in [0.05, 0.1) is 5.92 Å². The van der Waals surface area contributed by atoms with Gasteiger partial charge in [0.2, 0.25) is 0 Å². The van der Waals surface area contributed by atoms with Crippen molar-refractivity contribution in [2.24, 2.45) is 17.3 Å². The maximum atomic E-state index is 13.0. The Morgan fingerprint density at radius 3 is 2.56 bits per heavy atom. The van der Waals surface area contributed by atoms with E-state index >= 15 is 0 Å². The Hall–Kier alpha value is -1.51. The Bertz CT molecular complexity index is 608. The molecule has 27 heavy (non-hydrogen) atoms. The zero-order valence-electron chi connectivity index (χ0n) is 16.6. The number of anilines is 1. The van der Waals surface area contributed by atoms with Crippen LogP contribution in [0.3, 0.4) is 0 Å². The van der Waals surface area contributed by atoms with Crippen LogP contribution in [0.5, 0.6) is 0 Å². The maximum absolute atomic E-state index is 13.0. The number of ether oxygens (including phenoxy) is 1. The maximum Gasteiger partial charge on any atom is 0.309 e. The lowest BCUT2D eigenvalue weighted by Crippen LogP contribution is -2.55. The molecular formula is C24H35NO2. The van der Waals surface area contributed by atoms with Gasteiger partial charge in [0.25, 0.3) is 0 Å². The smallest absolute Gasteiger partial charge is 0.309 e. The minimum absolute atomic E-state index is 0.135. The third kappa shape index (κ3) is 4.02. The average molecular weight is 370 g/mol. The molecule has 148 valence electrons. The molecule has 3 nitrogen and oxygen atoms in total. The second-order valence-corrected chi connectivity index (χ2v) is 9.00. The lowest BCUT2D eigenvalue weighted by molar-refractivity contribution is -0.196. The van der Waals surface area contributed by atoms with Crippen LogP contribution in [0.4, 0.5) is 5.69 Å². The molecule has 4 rings (SSSR count). The average Bonchev–Trinajstić information content (AvgIpc) is 2.71. The van der Waals surface area contributed by atoms with E-state index in [2.05, 4.69) is 29.6 Å². The molecule has 0 amide bonds. The van der Waals surface area contributed by atoms with Crippen molar-refractivity contribution in [1.82, 2.24) is 0 Å². The number of nitrogens with one attached hydrogen (secondary N) is 1. The van der Waals surface area contributed by atoms with Gasteiger partial charge in [-0.2, -0.15) is 0 Å². The highest BCUT2D eigenvalue weighted by Crippen LogP contribution is 2.57. The van der Waals surface area contributed by atoms with Crippen LogP contribution in [0.25, 0.3) is 0 Å². The highest BCUT2D eigenvalue weighted by molar-refractivity contribution is 5.75. The van der Waals surface area contributed by atoms with Crippen LogP contribution >= 0.6 is 0 Å². The third-order valence-corrected chi connectivity index (χ3v) is 7.49. The molecule has 3 atom stereocenters. The van der Waals surface area contributed by atoms with Crippen molar-refractivity contribution < 1.29 is 9.53 Å². The molecular weight excluding hydrogens is 334 g/mol. The molecule has 1 aromatic rings. The van der Waals surface area contributed by atoms with E-state index < -0.39 is 0 Å². The summed E-state index contributed by atoms with van der Waals surface area (Å²) in [6.45, 7) is 0.977. The predicted octanol–water partition coefficient (Wildman–Crippen LogP) is 5.95. The summed E-state index contributed by atoms with van der Waals surface area (Å²) in [6, 6.07) is 10.4. The number of para-hydroxylation sites is 1. The summed E-state index contributed by atoms with van der Waals surface area (Å²) in [5.41, 5.74) is 1.44. The summed E-state index contributed by atoms with van der Waals surface area (Å²) in [6.07, 6.45) is 14.9.